The lowest BCUT2D eigenvalue weighted by atomic mass is 10.1. The first-order valence-electron chi connectivity index (χ1n) is 9.83. The summed E-state index contributed by atoms with van der Waals surface area (Å²) in [6.07, 6.45) is 3.90. The van der Waals surface area contributed by atoms with Crippen molar-refractivity contribution >= 4 is 21.6 Å². The number of aryl methyl sites for hydroxylation is 3. The molecule has 1 aliphatic heterocycles. The van der Waals surface area contributed by atoms with Crippen molar-refractivity contribution in [2.75, 3.05) is 31.5 Å². The molecule has 1 aliphatic rings. The molecule has 0 radical (unpaired) electrons. The molecule has 158 valence electrons. The Balaban J connectivity index is 1.69. The third-order valence-electron chi connectivity index (χ3n) is 5.20. The number of carbonyl (C=O) groups excluding carboxylic acids is 1. The van der Waals surface area contributed by atoms with E-state index in [0.29, 0.717) is 42.3 Å². The molecule has 2 heterocycles. The van der Waals surface area contributed by atoms with E-state index in [1.165, 1.54) is 6.92 Å². The van der Waals surface area contributed by atoms with Gasteiger partial charge in [0.25, 0.3) is 0 Å². The molecule has 8 nitrogen and oxygen atoms in total. The van der Waals surface area contributed by atoms with E-state index < -0.39 is 10.0 Å². The van der Waals surface area contributed by atoms with Gasteiger partial charge in [0, 0.05) is 63.6 Å². The van der Waals surface area contributed by atoms with Crippen LogP contribution in [0, 0.1) is 13.8 Å². The Morgan fingerprint density at radius 3 is 2.41 bits per heavy atom. The molecular weight excluding hydrogens is 390 g/mol. The molecule has 0 atom stereocenters. The van der Waals surface area contributed by atoms with Gasteiger partial charge in [-0.15, -0.1) is 0 Å². The number of carbonyl (C=O) groups is 1. The van der Waals surface area contributed by atoms with Crippen molar-refractivity contribution in [1.29, 1.82) is 0 Å². The van der Waals surface area contributed by atoms with Gasteiger partial charge in [0.15, 0.2) is 0 Å². The van der Waals surface area contributed by atoms with Gasteiger partial charge >= 0.3 is 0 Å². The Labute approximate surface area is 172 Å². The van der Waals surface area contributed by atoms with E-state index in [9.17, 15) is 13.2 Å². The minimum absolute atomic E-state index is 0.177. The van der Waals surface area contributed by atoms with Crippen LogP contribution in [0.15, 0.2) is 29.4 Å². The van der Waals surface area contributed by atoms with Crippen LogP contribution in [0.1, 0.15) is 30.5 Å². The maximum atomic E-state index is 13.2. The topological polar surface area (TPSA) is 87.5 Å². The first kappa shape index (κ1) is 21.5. The van der Waals surface area contributed by atoms with E-state index in [0.717, 1.165) is 24.2 Å². The lowest BCUT2D eigenvalue weighted by Crippen LogP contribution is -2.48. The molecule has 0 aliphatic carbocycles. The predicted octanol–water partition coefficient (Wildman–Crippen LogP) is 1.98. The SMILES string of the molecule is CCn1cc(CN2CCN(S(=O)(=O)c3cc(C)c(NC(C)=O)cc3C)CC2)cn1. The summed E-state index contributed by atoms with van der Waals surface area (Å²) in [5.74, 6) is -0.177. The number of rotatable bonds is 6. The minimum atomic E-state index is -3.58. The number of nitrogens with one attached hydrogen (secondary N) is 1. The average molecular weight is 420 g/mol. The summed E-state index contributed by atoms with van der Waals surface area (Å²) in [5.41, 5.74) is 3.15. The fraction of sp³-hybridized carbons (Fsp3) is 0.500. The van der Waals surface area contributed by atoms with E-state index in [1.807, 2.05) is 24.0 Å². The smallest absolute Gasteiger partial charge is 0.243 e. The summed E-state index contributed by atoms with van der Waals surface area (Å²) in [7, 11) is -3.58. The highest BCUT2D eigenvalue weighted by Gasteiger charge is 2.30. The molecule has 2 aromatic rings. The molecule has 9 heteroatoms. The van der Waals surface area contributed by atoms with Gasteiger partial charge in [-0.1, -0.05) is 0 Å². The summed E-state index contributed by atoms with van der Waals surface area (Å²) < 4.78 is 29.9. The Kier molecular flexibility index (Phi) is 6.40. The Bertz CT molecular complexity index is 992. The highest BCUT2D eigenvalue weighted by atomic mass is 32.2. The fourth-order valence-corrected chi connectivity index (χ4v) is 5.29. The van der Waals surface area contributed by atoms with E-state index in [2.05, 4.69) is 15.3 Å². The third-order valence-corrected chi connectivity index (χ3v) is 7.24. The number of anilines is 1. The standard InChI is InChI=1S/C20H29N5O3S/c1-5-24-14-18(12-21-24)13-23-6-8-25(9-7-23)29(27,28)20-11-15(2)19(10-16(20)3)22-17(4)26/h10-12,14H,5-9,13H2,1-4H3,(H,22,26). The Hall–Kier alpha value is -2.23. The first-order valence-corrected chi connectivity index (χ1v) is 11.3. The monoisotopic (exact) mass is 419 g/mol. The minimum Gasteiger partial charge on any atom is -0.326 e. The summed E-state index contributed by atoms with van der Waals surface area (Å²) in [5, 5.41) is 7.04. The van der Waals surface area contributed by atoms with Crippen LogP contribution in [-0.4, -0.2) is 59.5 Å². The predicted molar refractivity (Wildman–Crippen MR) is 112 cm³/mol. The van der Waals surface area contributed by atoms with Crippen LogP contribution in [0.5, 0.6) is 0 Å². The number of piperazine rings is 1. The molecule has 1 N–H and O–H groups in total. The molecule has 29 heavy (non-hydrogen) atoms. The number of benzene rings is 1. The largest absolute Gasteiger partial charge is 0.326 e. The van der Waals surface area contributed by atoms with Gasteiger partial charge in [-0.3, -0.25) is 14.4 Å². The van der Waals surface area contributed by atoms with Gasteiger partial charge in [0.2, 0.25) is 15.9 Å². The molecule has 0 saturated carbocycles. The van der Waals surface area contributed by atoms with Crippen LogP contribution in [-0.2, 0) is 27.9 Å². The first-order chi connectivity index (χ1) is 13.7. The third kappa shape index (κ3) is 4.85. The van der Waals surface area contributed by atoms with E-state index in [1.54, 1.807) is 30.3 Å². The molecule has 0 unspecified atom stereocenters. The average Bonchev–Trinajstić information content (AvgIpc) is 3.12. The molecule has 1 saturated heterocycles. The van der Waals surface area contributed by atoms with Crippen molar-refractivity contribution in [1.82, 2.24) is 19.0 Å². The fourth-order valence-electron chi connectivity index (χ4n) is 3.58. The summed E-state index contributed by atoms with van der Waals surface area (Å²) in [6.45, 7) is 10.9. The number of sulfonamides is 1. The van der Waals surface area contributed by atoms with Gasteiger partial charge in [-0.2, -0.15) is 9.40 Å². The summed E-state index contributed by atoms with van der Waals surface area (Å²) in [4.78, 5) is 13.9. The van der Waals surface area contributed by atoms with E-state index >= 15 is 0 Å². The number of hydrogen-bond acceptors (Lipinski definition) is 5. The van der Waals surface area contributed by atoms with E-state index in [4.69, 9.17) is 0 Å². The highest BCUT2D eigenvalue weighted by Crippen LogP contribution is 2.27. The van der Waals surface area contributed by atoms with Crippen molar-refractivity contribution < 1.29 is 13.2 Å². The molecule has 3 rings (SSSR count). The van der Waals surface area contributed by atoms with Crippen molar-refractivity contribution in [2.24, 2.45) is 0 Å². The van der Waals surface area contributed by atoms with Crippen molar-refractivity contribution in [2.45, 2.75) is 45.7 Å². The van der Waals surface area contributed by atoms with Crippen LogP contribution >= 0.6 is 0 Å². The maximum absolute atomic E-state index is 13.2. The summed E-state index contributed by atoms with van der Waals surface area (Å²) in [6, 6.07) is 3.38. The maximum Gasteiger partial charge on any atom is 0.243 e. The molecule has 1 aromatic carbocycles. The molecule has 1 aromatic heterocycles. The molecule has 1 amide bonds. The van der Waals surface area contributed by atoms with Crippen molar-refractivity contribution in [3.8, 4) is 0 Å². The molecule has 0 spiro atoms. The quantitative estimate of drug-likeness (QED) is 0.774. The molecule has 0 bridgehead atoms. The zero-order valence-corrected chi connectivity index (χ0v) is 18.3. The number of amides is 1. The normalized spacial score (nSPS) is 16.1. The summed E-state index contributed by atoms with van der Waals surface area (Å²) >= 11 is 0. The second-order valence-electron chi connectivity index (χ2n) is 7.50. The van der Waals surface area contributed by atoms with Gasteiger partial charge in [0.1, 0.15) is 0 Å². The molecule has 1 fully saturated rings. The van der Waals surface area contributed by atoms with E-state index in [-0.39, 0.29) is 5.91 Å². The van der Waals surface area contributed by atoms with Crippen LogP contribution < -0.4 is 5.32 Å². The zero-order valence-electron chi connectivity index (χ0n) is 17.5. The zero-order chi connectivity index (χ0) is 21.2. The van der Waals surface area contributed by atoms with Gasteiger partial charge in [0.05, 0.1) is 11.1 Å². The van der Waals surface area contributed by atoms with Crippen molar-refractivity contribution in [3.05, 3.63) is 41.2 Å². The van der Waals surface area contributed by atoms with Crippen LogP contribution in [0.3, 0.4) is 0 Å². The van der Waals surface area contributed by atoms with Gasteiger partial charge in [-0.25, -0.2) is 8.42 Å². The van der Waals surface area contributed by atoms with Crippen molar-refractivity contribution in [3.63, 3.8) is 0 Å². The second-order valence-corrected chi connectivity index (χ2v) is 9.40. The van der Waals surface area contributed by atoms with Crippen LogP contribution in [0.4, 0.5) is 5.69 Å². The van der Waals surface area contributed by atoms with Crippen LogP contribution in [0.25, 0.3) is 0 Å². The number of hydrogen-bond donors (Lipinski definition) is 1. The highest BCUT2D eigenvalue weighted by molar-refractivity contribution is 7.89. The van der Waals surface area contributed by atoms with Gasteiger partial charge in [-0.05, 0) is 44.0 Å². The Morgan fingerprint density at radius 2 is 1.83 bits per heavy atom. The Morgan fingerprint density at radius 1 is 1.14 bits per heavy atom. The van der Waals surface area contributed by atoms with Crippen LogP contribution in [0.2, 0.25) is 0 Å². The lowest BCUT2D eigenvalue weighted by molar-refractivity contribution is -0.114. The second kappa shape index (κ2) is 8.64. The number of nitrogens with zero attached hydrogens (tertiary/aromatic N) is 4. The molecular formula is C20H29N5O3S. The van der Waals surface area contributed by atoms with Gasteiger partial charge < -0.3 is 5.32 Å². The number of aromatic nitrogens is 2. The lowest BCUT2D eigenvalue weighted by Gasteiger charge is -2.34.